The highest BCUT2D eigenvalue weighted by atomic mass is 127. The molecular formula is C20H18IN3O2. The summed E-state index contributed by atoms with van der Waals surface area (Å²) in [4.78, 5) is 16.3. The average molecular weight is 459 g/mol. The highest BCUT2D eigenvalue weighted by Gasteiger charge is 2.10. The van der Waals surface area contributed by atoms with Gasteiger partial charge in [-0.05, 0) is 77.5 Å². The summed E-state index contributed by atoms with van der Waals surface area (Å²) in [6.07, 6.45) is 0. The van der Waals surface area contributed by atoms with Gasteiger partial charge in [0.25, 0.3) is 5.91 Å². The van der Waals surface area contributed by atoms with E-state index in [1.54, 1.807) is 12.1 Å². The van der Waals surface area contributed by atoms with Crippen LogP contribution in [0.1, 0.15) is 21.6 Å². The molecule has 0 atom stereocenters. The highest BCUT2D eigenvalue weighted by Crippen LogP contribution is 2.23. The van der Waals surface area contributed by atoms with Crippen LogP contribution in [0.25, 0.3) is 0 Å². The van der Waals surface area contributed by atoms with Gasteiger partial charge in [0, 0.05) is 15.8 Å². The third-order valence-electron chi connectivity index (χ3n) is 3.72. The first kappa shape index (κ1) is 18.2. The predicted octanol–water partition coefficient (Wildman–Crippen LogP) is 4.30. The first-order valence-corrected chi connectivity index (χ1v) is 9.13. The maximum Gasteiger partial charge on any atom is 0.255 e. The molecule has 6 heteroatoms. The number of carbonyl (C=O) groups excluding carboxylic acids is 1. The van der Waals surface area contributed by atoms with Crippen molar-refractivity contribution < 1.29 is 9.53 Å². The quantitative estimate of drug-likeness (QED) is 0.558. The van der Waals surface area contributed by atoms with Crippen molar-refractivity contribution in [3.63, 3.8) is 0 Å². The molecule has 2 aromatic carbocycles. The number of nitrogen functional groups attached to an aromatic ring is 1. The number of nitrogens with two attached hydrogens (primary N) is 1. The zero-order valence-electron chi connectivity index (χ0n) is 14.2. The number of rotatable bonds is 5. The lowest BCUT2D eigenvalue weighted by molar-refractivity contribution is 0.0951. The number of aryl methyl sites for hydroxylation is 1. The van der Waals surface area contributed by atoms with Crippen LogP contribution < -0.4 is 15.8 Å². The number of amides is 1. The molecule has 3 rings (SSSR count). The molecule has 0 saturated carbocycles. The zero-order chi connectivity index (χ0) is 18.5. The van der Waals surface area contributed by atoms with Crippen LogP contribution >= 0.6 is 22.6 Å². The Balaban J connectivity index is 1.60. The SMILES string of the molecule is Cc1ccc(C(=O)NCc2ccc(Oc3cccc(I)c3)cc2)c(N)n1. The summed E-state index contributed by atoms with van der Waals surface area (Å²) in [5.74, 6) is 1.53. The van der Waals surface area contributed by atoms with E-state index in [0.717, 1.165) is 26.3 Å². The fourth-order valence-corrected chi connectivity index (χ4v) is 2.90. The van der Waals surface area contributed by atoms with Gasteiger partial charge in [0.15, 0.2) is 0 Å². The lowest BCUT2D eigenvalue weighted by Crippen LogP contribution is -2.24. The van der Waals surface area contributed by atoms with E-state index in [4.69, 9.17) is 10.5 Å². The number of hydrogen-bond acceptors (Lipinski definition) is 4. The lowest BCUT2D eigenvalue weighted by atomic mass is 10.2. The minimum Gasteiger partial charge on any atom is -0.457 e. The Hall–Kier alpha value is -2.61. The van der Waals surface area contributed by atoms with Gasteiger partial charge in [-0.15, -0.1) is 0 Å². The van der Waals surface area contributed by atoms with E-state index in [9.17, 15) is 4.79 Å². The number of aromatic nitrogens is 1. The number of nitrogens with one attached hydrogen (secondary N) is 1. The number of anilines is 1. The lowest BCUT2D eigenvalue weighted by Gasteiger charge is -2.09. The Morgan fingerprint density at radius 1 is 1.12 bits per heavy atom. The maximum absolute atomic E-state index is 12.2. The second kappa shape index (κ2) is 8.18. The molecule has 0 aliphatic heterocycles. The second-order valence-electron chi connectivity index (χ2n) is 5.77. The standard InChI is InChI=1S/C20H18IN3O2/c1-13-5-10-18(19(22)24-13)20(25)23-12-14-6-8-16(9-7-14)26-17-4-2-3-15(21)11-17/h2-11H,12H2,1H3,(H2,22,24)(H,23,25). The van der Waals surface area contributed by atoms with Gasteiger partial charge >= 0.3 is 0 Å². The Kier molecular flexibility index (Phi) is 5.72. The minimum atomic E-state index is -0.241. The van der Waals surface area contributed by atoms with Gasteiger partial charge in [0.05, 0.1) is 5.56 Å². The van der Waals surface area contributed by atoms with E-state index >= 15 is 0 Å². The smallest absolute Gasteiger partial charge is 0.255 e. The summed E-state index contributed by atoms with van der Waals surface area (Å²) in [6, 6.07) is 18.9. The molecule has 0 unspecified atom stereocenters. The molecule has 0 aliphatic carbocycles. The van der Waals surface area contributed by atoms with Gasteiger partial charge < -0.3 is 15.8 Å². The number of nitrogens with zero attached hydrogens (tertiary/aromatic N) is 1. The van der Waals surface area contributed by atoms with E-state index in [1.807, 2.05) is 55.5 Å². The summed E-state index contributed by atoms with van der Waals surface area (Å²) in [6.45, 7) is 2.23. The number of benzene rings is 2. The maximum atomic E-state index is 12.2. The van der Waals surface area contributed by atoms with Gasteiger partial charge in [0.2, 0.25) is 0 Å². The van der Waals surface area contributed by atoms with Crippen LogP contribution in [0, 0.1) is 10.5 Å². The predicted molar refractivity (Wildman–Crippen MR) is 110 cm³/mol. The molecule has 1 aromatic heterocycles. The van der Waals surface area contributed by atoms with Crippen molar-refractivity contribution in [2.24, 2.45) is 0 Å². The largest absolute Gasteiger partial charge is 0.457 e. The Morgan fingerprint density at radius 3 is 2.58 bits per heavy atom. The summed E-state index contributed by atoms with van der Waals surface area (Å²) in [5, 5.41) is 2.85. The van der Waals surface area contributed by atoms with Crippen molar-refractivity contribution in [2.75, 3.05) is 5.73 Å². The second-order valence-corrected chi connectivity index (χ2v) is 7.02. The normalized spacial score (nSPS) is 10.4. The van der Waals surface area contributed by atoms with Crippen molar-refractivity contribution in [3.8, 4) is 11.5 Å². The molecule has 0 aliphatic rings. The van der Waals surface area contributed by atoms with Gasteiger partial charge in [-0.3, -0.25) is 4.79 Å². The Labute approximate surface area is 165 Å². The Bertz CT molecular complexity index is 927. The molecule has 3 N–H and O–H groups in total. The number of pyridine rings is 1. The van der Waals surface area contributed by atoms with Crippen LogP contribution in [0.3, 0.4) is 0 Å². The molecule has 0 spiro atoms. The average Bonchev–Trinajstić information content (AvgIpc) is 2.61. The van der Waals surface area contributed by atoms with E-state index in [-0.39, 0.29) is 11.7 Å². The van der Waals surface area contributed by atoms with Crippen LogP contribution in [0.4, 0.5) is 5.82 Å². The molecule has 3 aromatic rings. The van der Waals surface area contributed by atoms with E-state index in [1.165, 1.54) is 0 Å². The fraction of sp³-hybridized carbons (Fsp3) is 0.100. The number of carbonyl (C=O) groups is 1. The van der Waals surface area contributed by atoms with Crippen molar-refractivity contribution in [1.82, 2.24) is 10.3 Å². The fourth-order valence-electron chi connectivity index (χ4n) is 2.39. The van der Waals surface area contributed by atoms with E-state index in [2.05, 4.69) is 32.9 Å². The highest BCUT2D eigenvalue weighted by molar-refractivity contribution is 14.1. The monoisotopic (exact) mass is 459 g/mol. The van der Waals surface area contributed by atoms with Gasteiger partial charge in [-0.2, -0.15) is 0 Å². The van der Waals surface area contributed by atoms with Crippen molar-refractivity contribution in [2.45, 2.75) is 13.5 Å². The van der Waals surface area contributed by atoms with Crippen LogP contribution in [-0.2, 0) is 6.54 Å². The van der Waals surface area contributed by atoms with Gasteiger partial charge in [-0.1, -0.05) is 18.2 Å². The van der Waals surface area contributed by atoms with Crippen LogP contribution in [0.15, 0.2) is 60.7 Å². The molecule has 0 saturated heterocycles. The molecule has 0 radical (unpaired) electrons. The summed E-state index contributed by atoms with van der Waals surface area (Å²) < 4.78 is 6.93. The first-order chi connectivity index (χ1) is 12.5. The molecule has 0 fully saturated rings. The van der Waals surface area contributed by atoms with Crippen molar-refractivity contribution in [3.05, 3.63) is 81.1 Å². The summed E-state index contributed by atoms with van der Waals surface area (Å²) in [7, 11) is 0. The topological polar surface area (TPSA) is 77.2 Å². The van der Waals surface area contributed by atoms with E-state index < -0.39 is 0 Å². The molecule has 1 amide bonds. The number of halogens is 1. The summed E-state index contributed by atoms with van der Waals surface area (Å²) in [5.41, 5.74) is 7.93. The van der Waals surface area contributed by atoms with Crippen LogP contribution in [-0.4, -0.2) is 10.9 Å². The van der Waals surface area contributed by atoms with Crippen molar-refractivity contribution in [1.29, 1.82) is 0 Å². The van der Waals surface area contributed by atoms with Crippen molar-refractivity contribution >= 4 is 34.3 Å². The third-order valence-corrected chi connectivity index (χ3v) is 4.39. The third kappa shape index (κ3) is 4.72. The molecular weight excluding hydrogens is 441 g/mol. The zero-order valence-corrected chi connectivity index (χ0v) is 16.4. The Morgan fingerprint density at radius 2 is 1.88 bits per heavy atom. The number of hydrogen-bond donors (Lipinski definition) is 2. The first-order valence-electron chi connectivity index (χ1n) is 8.05. The van der Waals surface area contributed by atoms with Crippen LogP contribution in [0.2, 0.25) is 0 Å². The molecule has 1 heterocycles. The molecule has 132 valence electrons. The molecule has 26 heavy (non-hydrogen) atoms. The van der Waals surface area contributed by atoms with Crippen LogP contribution in [0.5, 0.6) is 11.5 Å². The van der Waals surface area contributed by atoms with E-state index in [0.29, 0.717) is 12.1 Å². The summed E-state index contributed by atoms with van der Waals surface area (Å²) >= 11 is 2.25. The minimum absolute atomic E-state index is 0.240. The molecule has 5 nitrogen and oxygen atoms in total. The molecule has 0 bridgehead atoms. The number of ether oxygens (including phenoxy) is 1. The van der Waals surface area contributed by atoms with Gasteiger partial charge in [0.1, 0.15) is 17.3 Å². The van der Waals surface area contributed by atoms with Gasteiger partial charge in [-0.25, -0.2) is 4.98 Å².